The Bertz CT molecular complexity index is 626. The fourth-order valence-corrected chi connectivity index (χ4v) is 5.03. The van der Waals surface area contributed by atoms with Crippen LogP contribution in [-0.4, -0.2) is 49.5 Å². The molecule has 2 saturated heterocycles. The van der Waals surface area contributed by atoms with Crippen LogP contribution in [0.15, 0.2) is 6.07 Å². The Morgan fingerprint density at radius 2 is 2.09 bits per heavy atom. The number of rotatable bonds is 1. The largest absolute Gasteiger partial charge is 0.370 e. The van der Waals surface area contributed by atoms with Crippen molar-refractivity contribution in [1.82, 2.24) is 10.2 Å². The molecule has 4 heterocycles. The number of amides is 1. The van der Waals surface area contributed by atoms with Gasteiger partial charge in [0.2, 0.25) is 0 Å². The number of piperidine rings is 1. The number of likely N-dealkylation sites (tertiary alicyclic amines) is 1. The van der Waals surface area contributed by atoms with E-state index in [1.807, 2.05) is 6.07 Å². The minimum atomic E-state index is -2.74. The van der Waals surface area contributed by atoms with Crippen LogP contribution in [0.1, 0.15) is 39.4 Å². The zero-order chi connectivity index (χ0) is 16.1. The molecular weight excluding hydrogens is 322 g/mol. The Kier molecular flexibility index (Phi) is 3.70. The Labute approximate surface area is 137 Å². The minimum absolute atomic E-state index is 0.139. The van der Waals surface area contributed by atoms with Crippen molar-refractivity contribution in [2.24, 2.45) is 0 Å². The van der Waals surface area contributed by atoms with Crippen molar-refractivity contribution >= 4 is 17.2 Å². The van der Waals surface area contributed by atoms with Gasteiger partial charge in [-0.3, -0.25) is 4.79 Å². The van der Waals surface area contributed by atoms with Gasteiger partial charge >= 0.3 is 0 Å². The van der Waals surface area contributed by atoms with Crippen molar-refractivity contribution in [2.45, 2.75) is 37.2 Å². The third-order valence-electron chi connectivity index (χ3n) is 5.09. The highest BCUT2D eigenvalue weighted by atomic mass is 32.1. The molecule has 0 radical (unpaired) electrons. The number of carbonyl (C=O) groups is 1. The maximum Gasteiger partial charge on any atom is 0.267 e. The smallest absolute Gasteiger partial charge is 0.267 e. The number of ether oxygens (including phenoxy) is 1. The number of thiophene rings is 1. The first kappa shape index (κ1) is 15.5. The molecule has 126 valence electrons. The number of hydrogen-bond donors (Lipinski definition) is 1. The van der Waals surface area contributed by atoms with Gasteiger partial charge in [-0.1, -0.05) is 0 Å². The lowest BCUT2D eigenvalue weighted by molar-refractivity contribution is -0.0792. The number of halogens is 2. The van der Waals surface area contributed by atoms with Crippen molar-refractivity contribution in [3.05, 3.63) is 21.4 Å². The van der Waals surface area contributed by atoms with Gasteiger partial charge in [0.1, 0.15) is 0 Å². The molecule has 1 amide bonds. The molecule has 1 N–H and O–H groups in total. The summed E-state index contributed by atoms with van der Waals surface area (Å²) in [6, 6.07) is 1.91. The van der Waals surface area contributed by atoms with Crippen LogP contribution in [0.5, 0.6) is 0 Å². The van der Waals surface area contributed by atoms with Gasteiger partial charge in [-0.05, 0) is 37.6 Å². The van der Waals surface area contributed by atoms with Crippen molar-refractivity contribution in [1.29, 1.82) is 0 Å². The average molecular weight is 342 g/mol. The second-order valence-electron chi connectivity index (χ2n) is 6.62. The first-order valence-electron chi connectivity index (χ1n) is 8.14. The summed E-state index contributed by atoms with van der Waals surface area (Å²) >= 11 is 1.46. The van der Waals surface area contributed by atoms with E-state index in [0.717, 1.165) is 37.9 Å². The van der Waals surface area contributed by atoms with Crippen molar-refractivity contribution in [3.63, 3.8) is 0 Å². The Morgan fingerprint density at radius 1 is 1.30 bits per heavy atom. The number of alkyl halides is 2. The van der Waals surface area contributed by atoms with Crippen molar-refractivity contribution in [2.75, 3.05) is 32.8 Å². The summed E-state index contributed by atoms with van der Waals surface area (Å²) in [4.78, 5) is 15.6. The zero-order valence-electron chi connectivity index (χ0n) is 12.9. The predicted molar refractivity (Wildman–Crippen MR) is 83.2 cm³/mol. The topological polar surface area (TPSA) is 41.6 Å². The molecular formula is C16H20F2N2O2S. The average Bonchev–Trinajstić information content (AvgIpc) is 3.12. The molecule has 0 atom stereocenters. The number of hydrogen-bond acceptors (Lipinski definition) is 4. The lowest BCUT2D eigenvalue weighted by Crippen LogP contribution is -2.44. The van der Waals surface area contributed by atoms with E-state index < -0.39 is 12.5 Å². The molecule has 23 heavy (non-hydrogen) atoms. The van der Waals surface area contributed by atoms with Crippen LogP contribution in [0.3, 0.4) is 0 Å². The quantitative estimate of drug-likeness (QED) is 0.852. The van der Waals surface area contributed by atoms with Gasteiger partial charge in [-0.2, -0.15) is 0 Å². The number of nitrogens with zero attached hydrogens (tertiary/aromatic N) is 1. The summed E-state index contributed by atoms with van der Waals surface area (Å²) in [6.07, 6.45) is 2.36. The molecule has 4 nitrogen and oxygen atoms in total. The summed E-state index contributed by atoms with van der Waals surface area (Å²) in [5, 5.41) is 3.34. The van der Waals surface area contributed by atoms with Crippen LogP contribution in [0.4, 0.5) is 8.78 Å². The molecule has 0 aromatic carbocycles. The Morgan fingerprint density at radius 3 is 2.78 bits per heavy atom. The zero-order valence-corrected chi connectivity index (χ0v) is 13.7. The fraction of sp³-hybridized carbons (Fsp3) is 0.688. The Hall–Kier alpha value is -1.05. The highest BCUT2D eigenvalue weighted by molar-refractivity contribution is 7.14. The van der Waals surface area contributed by atoms with Crippen molar-refractivity contribution in [3.8, 4) is 0 Å². The van der Waals surface area contributed by atoms with Gasteiger partial charge in [0, 0.05) is 24.3 Å². The summed E-state index contributed by atoms with van der Waals surface area (Å²) in [5.41, 5.74) is 0.826. The van der Waals surface area contributed by atoms with Crippen LogP contribution in [-0.2, 0) is 16.8 Å². The molecule has 0 unspecified atom stereocenters. The standard InChI is InChI=1S/C16H20F2N2O2S/c17-16(18)4-7-20(10-16)14(21)13-9-11-12(23-13)1-8-22-15(11)2-5-19-6-3-15/h9,19H,1-8,10H2. The first-order valence-corrected chi connectivity index (χ1v) is 8.96. The molecule has 3 aliphatic heterocycles. The van der Waals surface area contributed by atoms with Gasteiger partial charge < -0.3 is 15.0 Å². The van der Waals surface area contributed by atoms with E-state index in [-0.39, 0.29) is 24.5 Å². The highest BCUT2D eigenvalue weighted by Crippen LogP contribution is 2.44. The molecule has 7 heteroatoms. The summed E-state index contributed by atoms with van der Waals surface area (Å²) in [6.45, 7) is 2.15. The SMILES string of the molecule is O=C(c1cc2c(s1)CCOC21CCNCC1)N1CCC(F)(F)C1. The van der Waals surface area contributed by atoms with E-state index in [1.165, 1.54) is 21.1 Å². The van der Waals surface area contributed by atoms with E-state index in [4.69, 9.17) is 4.74 Å². The van der Waals surface area contributed by atoms with Gasteiger partial charge in [0.05, 0.1) is 23.6 Å². The molecule has 4 rings (SSSR count). The molecule has 2 fully saturated rings. The molecule has 1 spiro atoms. The van der Waals surface area contributed by atoms with Gasteiger partial charge in [-0.25, -0.2) is 8.78 Å². The van der Waals surface area contributed by atoms with E-state index in [9.17, 15) is 13.6 Å². The van der Waals surface area contributed by atoms with Crippen LogP contribution in [0, 0.1) is 0 Å². The van der Waals surface area contributed by atoms with Crippen molar-refractivity contribution < 1.29 is 18.3 Å². The van der Waals surface area contributed by atoms with Gasteiger partial charge in [0.25, 0.3) is 11.8 Å². The summed E-state index contributed by atoms with van der Waals surface area (Å²) < 4.78 is 32.8. The van der Waals surface area contributed by atoms with Crippen LogP contribution in [0.2, 0.25) is 0 Å². The minimum Gasteiger partial charge on any atom is -0.370 e. The summed E-state index contributed by atoms with van der Waals surface area (Å²) in [5.74, 6) is -3.00. The normalized spacial score (nSPS) is 25.6. The summed E-state index contributed by atoms with van der Waals surface area (Å²) in [7, 11) is 0. The molecule has 0 bridgehead atoms. The maximum atomic E-state index is 13.4. The highest BCUT2D eigenvalue weighted by Gasteiger charge is 2.43. The number of carbonyl (C=O) groups excluding carboxylic acids is 1. The lowest BCUT2D eigenvalue weighted by Gasteiger charge is -2.40. The van der Waals surface area contributed by atoms with E-state index in [2.05, 4.69) is 5.32 Å². The van der Waals surface area contributed by atoms with Crippen LogP contribution >= 0.6 is 11.3 Å². The lowest BCUT2D eigenvalue weighted by atomic mass is 9.83. The first-order chi connectivity index (χ1) is 11.0. The van der Waals surface area contributed by atoms with E-state index in [0.29, 0.717) is 11.5 Å². The fourth-order valence-electron chi connectivity index (χ4n) is 3.83. The molecule has 1 aromatic rings. The maximum absolute atomic E-state index is 13.4. The van der Waals surface area contributed by atoms with E-state index in [1.54, 1.807) is 0 Å². The molecule has 0 aliphatic carbocycles. The second-order valence-corrected chi connectivity index (χ2v) is 7.76. The second kappa shape index (κ2) is 5.50. The van der Waals surface area contributed by atoms with E-state index >= 15 is 0 Å². The van der Waals surface area contributed by atoms with Gasteiger partial charge in [0.15, 0.2) is 0 Å². The number of fused-ring (bicyclic) bond motifs is 2. The van der Waals surface area contributed by atoms with Gasteiger partial charge in [-0.15, -0.1) is 11.3 Å². The number of nitrogens with one attached hydrogen (secondary N) is 1. The Balaban J connectivity index is 1.61. The third kappa shape index (κ3) is 2.68. The monoisotopic (exact) mass is 342 g/mol. The molecule has 1 aromatic heterocycles. The van der Waals surface area contributed by atoms with Crippen LogP contribution < -0.4 is 5.32 Å². The molecule has 0 saturated carbocycles. The molecule has 3 aliphatic rings. The third-order valence-corrected chi connectivity index (χ3v) is 6.27. The van der Waals surface area contributed by atoms with Crippen LogP contribution in [0.25, 0.3) is 0 Å². The predicted octanol–water partition coefficient (Wildman–Crippen LogP) is 2.38.